The third-order valence-corrected chi connectivity index (χ3v) is 5.26. The molecule has 146 valence electrons. The third-order valence-electron chi connectivity index (χ3n) is 5.04. The number of aryl methyl sites for hydroxylation is 4. The van der Waals surface area contributed by atoms with Crippen LogP contribution in [0.5, 0.6) is 17.2 Å². The van der Waals surface area contributed by atoms with Crippen molar-refractivity contribution in [1.82, 2.24) is 0 Å². The lowest BCUT2D eigenvalue weighted by Crippen LogP contribution is -1.98. The highest BCUT2D eigenvalue weighted by Gasteiger charge is 2.16. The van der Waals surface area contributed by atoms with E-state index < -0.39 is 0 Å². The third kappa shape index (κ3) is 4.10. The molecule has 0 saturated heterocycles. The Morgan fingerprint density at radius 2 is 0.929 bits per heavy atom. The first-order chi connectivity index (χ1) is 13.2. The lowest BCUT2D eigenvalue weighted by atomic mass is 9.94. The fraction of sp³-hybridized carbons (Fsp3) is 0.250. The van der Waals surface area contributed by atoms with E-state index in [1.54, 1.807) is 12.1 Å². The summed E-state index contributed by atoms with van der Waals surface area (Å²) in [6.45, 7) is 7.67. The van der Waals surface area contributed by atoms with Crippen molar-refractivity contribution in [3.05, 3.63) is 85.9 Å². The van der Waals surface area contributed by atoms with Crippen LogP contribution in [-0.2, 0) is 12.8 Å². The maximum Gasteiger partial charge on any atom is 0.122 e. The molecule has 0 radical (unpaired) electrons. The van der Waals surface area contributed by atoms with Gasteiger partial charge in [-0.1, -0.05) is 47.0 Å². The zero-order valence-corrected chi connectivity index (χ0v) is 17.4. The molecule has 0 aliphatic heterocycles. The molecule has 3 nitrogen and oxygen atoms in total. The van der Waals surface area contributed by atoms with Gasteiger partial charge >= 0.3 is 0 Å². The quantitative estimate of drug-likeness (QED) is 0.516. The molecule has 3 aromatic rings. The minimum atomic E-state index is 0.140. The number of aromatic hydroxyl groups is 3. The van der Waals surface area contributed by atoms with Crippen molar-refractivity contribution in [1.29, 1.82) is 0 Å². The van der Waals surface area contributed by atoms with Gasteiger partial charge in [-0.05, 0) is 62.1 Å². The topological polar surface area (TPSA) is 60.7 Å². The summed E-state index contributed by atoms with van der Waals surface area (Å²) >= 11 is 6.32. The molecule has 0 bridgehead atoms. The highest BCUT2D eigenvalue weighted by atomic mass is 35.5. The van der Waals surface area contributed by atoms with Gasteiger partial charge in [-0.15, -0.1) is 0 Å². The van der Waals surface area contributed by atoms with Gasteiger partial charge in [0.05, 0.1) is 0 Å². The number of rotatable bonds is 4. The molecule has 4 heteroatoms. The van der Waals surface area contributed by atoms with Crippen molar-refractivity contribution in [2.75, 3.05) is 0 Å². The highest BCUT2D eigenvalue weighted by molar-refractivity contribution is 6.30. The number of phenolic OH excluding ortho intramolecular Hbond substituents is 3. The van der Waals surface area contributed by atoms with Gasteiger partial charge in [-0.2, -0.15) is 0 Å². The summed E-state index contributed by atoms with van der Waals surface area (Å²) in [5, 5.41) is 32.2. The first kappa shape index (κ1) is 20.1. The Morgan fingerprint density at radius 1 is 0.571 bits per heavy atom. The number of benzene rings is 3. The fourth-order valence-electron chi connectivity index (χ4n) is 3.76. The van der Waals surface area contributed by atoms with Crippen LogP contribution >= 0.6 is 11.6 Å². The van der Waals surface area contributed by atoms with E-state index in [9.17, 15) is 15.3 Å². The molecule has 0 spiro atoms. The molecule has 0 atom stereocenters. The molecule has 0 unspecified atom stereocenters. The molecule has 0 aliphatic rings. The highest BCUT2D eigenvalue weighted by Crippen LogP contribution is 2.35. The first-order valence-corrected chi connectivity index (χ1v) is 9.62. The first-order valence-electron chi connectivity index (χ1n) is 9.24. The van der Waals surface area contributed by atoms with Crippen molar-refractivity contribution in [2.24, 2.45) is 0 Å². The maximum absolute atomic E-state index is 10.9. The molecule has 3 aromatic carbocycles. The minimum absolute atomic E-state index is 0.140. The normalized spacial score (nSPS) is 11.0. The molecular weight excluding hydrogens is 372 g/mol. The fourth-order valence-corrected chi connectivity index (χ4v) is 4.03. The van der Waals surface area contributed by atoms with Crippen molar-refractivity contribution < 1.29 is 15.3 Å². The van der Waals surface area contributed by atoms with Crippen molar-refractivity contribution >= 4 is 11.6 Å². The number of phenols is 3. The summed E-state index contributed by atoms with van der Waals surface area (Å²) < 4.78 is 0. The average molecular weight is 397 g/mol. The number of halogens is 1. The van der Waals surface area contributed by atoms with E-state index in [2.05, 4.69) is 0 Å². The molecule has 28 heavy (non-hydrogen) atoms. The van der Waals surface area contributed by atoms with Crippen LogP contribution < -0.4 is 0 Å². The van der Waals surface area contributed by atoms with Crippen molar-refractivity contribution in [2.45, 2.75) is 40.5 Å². The second-order valence-electron chi connectivity index (χ2n) is 7.61. The Labute approximate surface area is 170 Å². The summed E-state index contributed by atoms with van der Waals surface area (Å²) in [5.41, 5.74) is 6.48. The van der Waals surface area contributed by atoms with Gasteiger partial charge in [0.1, 0.15) is 17.2 Å². The lowest BCUT2D eigenvalue weighted by Gasteiger charge is -2.15. The van der Waals surface area contributed by atoms with Crippen LogP contribution in [0.1, 0.15) is 44.5 Å². The summed E-state index contributed by atoms with van der Waals surface area (Å²) in [4.78, 5) is 0. The molecule has 0 aliphatic carbocycles. The summed E-state index contributed by atoms with van der Waals surface area (Å²) in [5.74, 6) is 0.610. The summed E-state index contributed by atoms with van der Waals surface area (Å²) in [6.07, 6.45) is 0.735. The molecule has 0 aromatic heterocycles. The van der Waals surface area contributed by atoms with E-state index in [0.29, 0.717) is 29.0 Å². The summed E-state index contributed by atoms with van der Waals surface area (Å²) in [6, 6.07) is 11.1. The van der Waals surface area contributed by atoms with Crippen molar-refractivity contribution in [3.8, 4) is 17.2 Å². The van der Waals surface area contributed by atoms with Crippen LogP contribution in [0.3, 0.4) is 0 Å². The predicted molar refractivity (Wildman–Crippen MR) is 114 cm³/mol. The van der Waals surface area contributed by atoms with Crippen LogP contribution in [-0.4, -0.2) is 15.3 Å². The second-order valence-corrected chi connectivity index (χ2v) is 8.04. The Hall–Kier alpha value is -2.65. The Kier molecular flexibility index (Phi) is 5.57. The summed E-state index contributed by atoms with van der Waals surface area (Å²) in [7, 11) is 0. The SMILES string of the molecule is Cc1cc(C)c(O)c(Cc2cc(Cl)cc(Cc3cc(C)cc(C)c3O)c2O)c1. The van der Waals surface area contributed by atoms with Crippen LogP contribution in [0.2, 0.25) is 5.02 Å². The Balaban J connectivity index is 2.02. The molecule has 0 saturated carbocycles. The van der Waals surface area contributed by atoms with Crippen LogP contribution in [0.15, 0.2) is 36.4 Å². The monoisotopic (exact) mass is 396 g/mol. The minimum Gasteiger partial charge on any atom is -0.507 e. The second kappa shape index (κ2) is 7.76. The largest absolute Gasteiger partial charge is 0.507 e. The van der Waals surface area contributed by atoms with Crippen LogP contribution in [0.25, 0.3) is 0 Å². The zero-order valence-electron chi connectivity index (χ0n) is 16.6. The smallest absolute Gasteiger partial charge is 0.122 e. The average Bonchev–Trinajstić information content (AvgIpc) is 2.60. The van der Waals surface area contributed by atoms with Gasteiger partial charge in [0.15, 0.2) is 0 Å². The van der Waals surface area contributed by atoms with E-state index in [4.69, 9.17) is 11.6 Å². The Bertz CT molecular complexity index is 974. The maximum atomic E-state index is 10.9. The van der Waals surface area contributed by atoms with E-state index in [0.717, 1.165) is 33.4 Å². The van der Waals surface area contributed by atoms with Gasteiger partial charge in [-0.25, -0.2) is 0 Å². The predicted octanol–water partition coefficient (Wildman–Crippen LogP) is 5.87. The van der Waals surface area contributed by atoms with Crippen molar-refractivity contribution in [3.63, 3.8) is 0 Å². The Morgan fingerprint density at radius 3 is 1.32 bits per heavy atom. The molecule has 0 amide bonds. The van der Waals surface area contributed by atoms with E-state index in [1.807, 2.05) is 52.0 Å². The lowest BCUT2D eigenvalue weighted by molar-refractivity contribution is 0.455. The molecule has 0 fully saturated rings. The number of hydrogen-bond acceptors (Lipinski definition) is 3. The van der Waals surface area contributed by atoms with Gasteiger partial charge in [-0.3, -0.25) is 0 Å². The van der Waals surface area contributed by atoms with Crippen LogP contribution in [0, 0.1) is 27.7 Å². The zero-order chi connectivity index (χ0) is 20.6. The molecule has 3 rings (SSSR count). The molecular formula is C24H25ClO3. The van der Waals surface area contributed by atoms with Gasteiger partial charge in [0.25, 0.3) is 0 Å². The molecule has 3 N–H and O–H groups in total. The van der Waals surface area contributed by atoms with E-state index in [1.165, 1.54) is 0 Å². The van der Waals surface area contributed by atoms with Gasteiger partial charge < -0.3 is 15.3 Å². The number of hydrogen-bond donors (Lipinski definition) is 3. The van der Waals surface area contributed by atoms with E-state index >= 15 is 0 Å². The van der Waals surface area contributed by atoms with E-state index in [-0.39, 0.29) is 17.2 Å². The van der Waals surface area contributed by atoms with Gasteiger partial charge in [0, 0.05) is 29.0 Å². The molecule has 0 heterocycles. The van der Waals surface area contributed by atoms with Crippen LogP contribution in [0.4, 0.5) is 0 Å². The van der Waals surface area contributed by atoms with Gasteiger partial charge in [0.2, 0.25) is 0 Å². The standard InChI is InChI=1S/C24H25ClO3/c1-13-5-15(3)22(26)17(7-13)9-19-11-21(25)12-20(24(19)28)10-18-8-14(2)6-16(4)23(18)27/h5-8,11-12,26-28H,9-10H2,1-4H3.